The second-order valence-electron chi connectivity index (χ2n) is 5.31. The quantitative estimate of drug-likeness (QED) is 0.217. The highest BCUT2D eigenvalue weighted by Crippen LogP contribution is 2.25. The number of aryl methyl sites for hydroxylation is 1. The maximum atomic E-state index is 13.0. The number of fused-ring (bicyclic) bond motifs is 1. The van der Waals surface area contributed by atoms with Gasteiger partial charge >= 0.3 is 10.4 Å². The summed E-state index contributed by atoms with van der Waals surface area (Å²) in [5, 5.41) is 4.95. The first-order valence-corrected chi connectivity index (χ1v) is 11.0. The Bertz CT molecular complexity index is 1120. The Balaban J connectivity index is 0.000000438. The largest absolute Gasteiger partial charge is 0.394 e. The van der Waals surface area contributed by atoms with Crippen LogP contribution < -0.4 is 5.73 Å². The van der Waals surface area contributed by atoms with Crippen molar-refractivity contribution in [3.05, 3.63) is 62.4 Å². The third kappa shape index (κ3) is 10.3. The van der Waals surface area contributed by atoms with E-state index in [2.05, 4.69) is 37.0 Å². The van der Waals surface area contributed by atoms with Crippen molar-refractivity contribution in [2.75, 3.05) is 6.54 Å². The molecule has 3 rings (SSSR count). The Hall–Kier alpha value is -1.84. The normalized spacial score (nSPS) is 10.1. The number of aromatic nitrogens is 2. The number of halogens is 5. The van der Waals surface area contributed by atoms with E-state index in [1.807, 2.05) is 6.92 Å². The summed E-state index contributed by atoms with van der Waals surface area (Å²) in [5.74, 6) is -1.83. The number of aldehydes is 1. The van der Waals surface area contributed by atoms with Crippen molar-refractivity contribution in [1.29, 1.82) is 0 Å². The first-order valence-electron chi connectivity index (χ1n) is 8.02. The molecule has 0 unspecified atom stereocenters. The third-order valence-corrected chi connectivity index (χ3v) is 4.47. The van der Waals surface area contributed by atoms with Crippen molar-refractivity contribution in [3.8, 4) is 0 Å². The van der Waals surface area contributed by atoms with E-state index in [9.17, 15) is 18.0 Å². The van der Waals surface area contributed by atoms with Crippen molar-refractivity contribution < 1.29 is 35.5 Å². The van der Waals surface area contributed by atoms with Crippen molar-refractivity contribution in [2.24, 2.45) is 12.8 Å². The summed E-state index contributed by atoms with van der Waals surface area (Å²) in [6.45, 7) is 2.65. The zero-order valence-electron chi connectivity index (χ0n) is 16.1. The molecule has 0 aliphatic carbocycles. The fraction of sp³-hybridized carbons (Fsp3) is 0.176. The van der Waals surface area contributed by atoms with Crippen LogP contribution in [0.4, 0.5) is 13.2 Å². The van der Waals surface area contributed by atoms with Gasteiger partial charge < -0.3 is 5.73 Å². The molecule has 4 N–H and O–H groups in total. The number of nitrogens with two attached hydrogens (primary N) is 1. The van der Waals surface area contributed by atoms with Gasteiger partial charge in [0.1, 0.15) is 11.6 Å². The molecule has 2 aromatic carbocycles. The maximum absolute atomic E-state index is 13.0. The number of benzene rings is 2. The van der Waals surface area contributed by atoms with Crippen LogP contribution in [0.1, 0.15) is 17.3 Å². The van der Waals surface area contributed by atoms with Gasteiger partial charge in [-0.2, -0.15) is 13.5 Å². The molecular weight excluding hydrogens is 575 g/mol. The molecule has 31 heavy (non-hydrogen) atoms. The van der Waals surface area contributed by atoms with E-state index in [4.69, 9.17) is 23.3 Å². The second-order valence-corrected chi connectivity index (χ2v) is 7.79. The van der Waals surface area contributed by atoms with Gasteiger partial charge in [0, 0.05) is 12.4 Å². The lowest BCUT2D eigenvalue weighted by molar-refractivity contribution is 0.111. The molecule has 1 heterocycles. The summed E-state index contributed by atoms with van der Waals surface area (Å²) in [5.41, 5.74) is 5.48. The number of rotatable bonds is 1. The van der Waals surface area contributed by atoms with E-state index >= 15 is 0 Å². The van der Waals surface area contributed by atoms with E-state index in [1.165, 1.54) is 6.07 Å². The summed E-state index contributed by atoms with van der Waals surface area (Å²) in [6.07, 6.45) is 2.04. The van der Waals surface area contributed by atoms with Crippen LogP contribution >= 0.6 is 31.9 Å². The van der Waals surface area contributed by atoms with Gasteiger partial charge in [-0.25, -0.2) is 13.2 Å². The lowest BCUT2D eigenvalue weighted by Crippen LogP contribution is -1.91. The Morgan fingerprint density at radius 2 is 1.55 bits per heavy atom. The molecule has 0 aliphatic rings. The molecule has 0 bridgehead atoms. The van der Waals surface area contributed by atoms with Crippen LogP contribution in [0.25, 0.3) is 10.9 Å². The van der Waals surface area contributed by atoms with Crippen LogP contribution in [0.2, 0.25) is 0 Å². The third-order valence-electron chi connectivity index (χ3n) is 2.99. The van der Waals surface area contributed by atoms with Gasteiger partial charge in [0.15, 0.2) is 12.1 Å². The van der Waals surface area contributed by atoms with Crippen LogP contribution in [0.15, 0.2) is 39.4 Å². The van der Waals surface area contributed by atoms with Gasteiger partial charge in [-0.05, 0) is 62.7 Å². The molecule has 14 heteroatoms. The van der Waals surface area contributed by atoms with Crippen LogP contribution in [0, 0.1) is 17.5 Å². The average Bonchev–Trinajstić information content (AvgIpc) is 3.04. The van der Waals surface area contributed by atoms with Crippen molar-refractivity contribution in [1.82, 2.24) is 9.78 Å². The Kier molecular flexibility index (Phi) is 12.7. The standard InChI is InChI=1S/C8H6BrFN2.C7H3BrF2O.C2H7N.H2O4S/c1-12-8-5(4-11-12)2-3-6(10)7(8)9;8-6-5(9)2-1-4(3-11)7(6)10;1-2-3;1-5(2,3)4/h2-4H,1H3;1-3H;2-3H2,1H3;(H2,1,2,3,4). The molecule has 0 amide bonds. The number of hydrogen-bond acceptors (Lipinski definition) is 5. The SMILES string of the molecule is CCN.Cn1ncc2ccc(F)c(Br)c21.O=Cc1ccc(F)c(Br)c1F.O=S(=O)(O)O. The molecule has 0 aliphatic heterocycles. The van der Waals surface area contributed by atoms with E-state index < -0.39 is 22.0 Å². The molecule has 0 fully saturated rings. The van der Waals surface area contributed by atoms with Gasteiger partial charge in [0.25, 0.3) is 0 Å². The summed E-state index contributed by atoms with van der Waals surface area (Å²) in [4.78, 5) is 10.1. The van der Waals surface area contributed by atoms with Gasteiger partial charge in [0.2, 0.25) is 0 Å². The smallest absolute Gasteiger partial charge is 0.331 e. The van der Waals surface area contributed by atoms with Crippen molar-refractivity contribution >= 4 is 59.4 Å². The molecule has 3 aromatic rings. The Morgan fingerprint density at radius 3 is 2.03 bits per heavy atom. The first kappa shape index (κ1) is 29.2. The minimum Gasteiger partial charge on any atom is -0.331 e. The number of hydrogen-bond donors (Lipinski definition) is 3. The Labute approximate surface area is 193 Å². The molecular formula is C17H18Br2F3N3O5S. The highest BCUT2D eigenvalue weighted by molar-refractivity contribution is 9.11. The van der Waals surface area contributed by atoms with Gasteiger partial charge in [0.05, 0.1) is 26.2 Å². The Morgan fingerprint density at radius 1 is 1.10 bits per heavy atom. The van der Waals surface area contributed by atoms with Crippen molar-refractivity contribution in [3.63, 3.8) is 0 Å². The minimum absolute atomic E-state index is 0.154. The number of carbonyl (C=O) groups excluding carboxylic acids is 1. The van der Waals surface area contributed by atoms with Gasteiger partial charge in [-0.1, -0.05) is 6.92 Å². The molecule has 172 valence electrons. The predicted octanol–water partition coefficient (Wildman–Crippen LogP) is 4.33. The molecule has 0 saturated carbocycles. The van der Waals surface area contributed by atoms with E-state index in [0.717, 1.165) is 29.6 Å². The van der Waals surface area contributed by atoms with Crippen LogP contribution in [0.5, 0.6) is 0 Å². The topological polar surface area (TPSA) is 136 Å². The van der Waals surface area contributed by atoms with Crippen molar-refractivity contribution in [2.45, 2.75) is 6.92 Å². The van der Waals surface area contributed by atoms with E-state index in [1.54, 1.807) is 24.0 Å². The molecule has 8 nitrogen and oxygen atoms in total. The molecule has 0 radical (unpaired) electrons. The highest BCUT2D eigenvalue weighted by atomic mass is 79.9. The summed E-state index contributed by atoms with van der Waals surface area (Å²) in [7, 11) is -2.88. The van der Waals surface area contributed by atoms with Crippen LogP contribution in [0.3, 0.4) is 0 Å². The van der Waals surface area contributed by atoms with E-state index in [-0.39, 0.29) is 15.9 Å². The second kappa shape index (κ2) is 13.5. The van der Waals surface area contributed by atoms with Gasteiger partial charge in [-0.3, -0.25) is 18.6 Å². The predicted molar refractivity (Wildman–Crippen MR) is 117 cm³/mol. The monoisotopic (exact) mass is 591 g/mol. The number of nitrogens with zero attached hydrogens (tertiary/aromatic N) is 2. The van der Waals surface area contributed by atoms with Crippen LogP contribution in [-0.2, 0) is 17.4 Å². The first-order chi connectivity index (χ1) is 14.3. The highest BCUT2D eigenvalue weighted by Gasteiger charge is 2.09. The average molecular weight is 593 g/mol. The maximum Gasteiger partial charge on any atom is 0.394 e. The van der Waals surface area contributed by atoms with E-state index in [0.29, 0.717) is 10.8 Å². The zero-order valence-corrected chi connectivity index (χ0v) is 20.0. The lowest BCUT2D eigenvalue weighted by atomic mass is 10.2. The summed E-state index contributed by atoms with van der Waals surface area (Å²) in [6, 6.07) is 5.25. The zero-order chi connectivity index (χ0) is 24.4. The molecule has 0 spiro atoms. The molecule has 0 saturated heterocycles. The summed E-state index contributed by atoms with van der Waals surface area (Å²) >= 11 is 5.84. The fourth-order valence-electron chi connectivity index (χ4n) is 1.83. The van der Waals surface area contributed by atoms with Crippen LogP contribution in [-0.4, -0.2) is 40.1 Å². The number of carbonyl (C=O) groups is 1. The summed E-state index contributed by atoms with van der Waals surface area (Å²) < 4.78 is 71.6. The minimum atomic E-state index is -4.67. The fourth-order valence-corrected chi connectivity index (χ4v) is 2.81. The molecule has 0 atom stereocenters. The molecule has 1 aromatic heterocycles. The van der Waals surface area contributed by atoms with Gasteiger partial charge in [-0.15, -0.1) is 0 Å². The lowest BCUT2D eigenvalue weighted by Gasteiger charge is -1.98.